The molecule has 3 aliphatic rings. The quantitative estimate of drug-likeness (QED) is 0.415. The number of amides is 1. The summed E-state index contributed by atoms with van der Waals surface area (Å²) in [4.78, 5) is 20.3. The van der Waals surface area contributed by atoms with Crippen molar-refractivity contribution in [2.45, 2.75) is 62.8 Å². The number of alkyl halides is 4. The molecule has 1 aromatic carbocycles. The number of aromatic nitrogens is 3. The van der Waals surface area contributed by atoms with Crippen molar-refractivity contribution in [1.29, 1.82) is 0 Å². The van der Waals surface area contributed by atoms with Gasteiger partial charge in [0.05, 0.1) is 16.8 Å². The summed E-state index contributed by atoms with van der Waals surface area (Å²) in [7, 11) is 1.83. The first kappa shape index (κ1) is 26.5. The van der Waals surface area contributed by atoms with E-state index in [2.05, 4.69) is 20.3 Å². The van der Waals surface area contributed by atoms with Crippen LogP contribution in [0.25, 0.3) is 10.9 Å². The van der Waals surface area contributed by atoms with Crippen molar-refractivity contribution in [1.82, 2.24) is 25.0 Å². The van der Waals surface area contributed by atoms with E-state index in [9.17, 15) is 18.0 Å². The lowest BCUT2D eigenvalue weighted by Crippen LogP contribution is -2.61. The predicted molar refractivity (Wildman–Crippen MR) is 139 cm³/mol. The molecule has 7 nitrogen and oxygen atoms in total. The lowest BCUT2D eigenvalue weighted by Gasteiger charge is -2.60. The summed E-state index contributed by atoms with van der Waals surface area (Å²) in [6, 6.07) is 5.59. The first-order valence-electron chi connectivity index (χ1n) is 13.3. The SMILES string of the molecule is Cn1cc2c(C(=O)NC3CC4(C3)CC(F)(CCN3CCc5nc(OCC(F)(F)F)sc5CC3)C4)cccc2n1. The minimum absolute atomic E-state index is 0.00725. The molecule has 2 aliphatic carbocycles. The highest BCUT2D eigenvalue weighted by Crippen LogP contribution is 2.63. The van der Waals surface area contributed by atoms with Crippen LogP contribution in [0.3, 0.4) is 0 Å². The molecule has 1 aliphatic heterocycles. The van der Waals surface area contributed by atoms with Crippen molar-refractivity contribution < 1.29 is 27.1 Å². The van der Waals surface area contributed by atoms with Gasteiger partial charge < -0.3 is 15.0 Å². The average molecular weight is 566 g/mol. The van der Waals surface area contributed by atoms with Crippen LogP contribution < -0.4 is 10.1 Å². The minimum Gasteiger partial charge on any atom is -0.460 e. The molecule has 1 spiro atoms. The van der Waals surface area contributed by atoms with Crippen LogP contribution >= 0.6 is 11.3 Å². The molecular formula is C27H31F4N5O2S. The Kier molecular flexibility index (Phi) is 6.60. The Morgan fingerprint density at radius 1 is 1.23 bits per heavy atom. The van der Waals surface area contributed by atoms with E-state index in [0.29, 0.717) is 50.8 Å². The van der Waals surface area contributed by atoms with Gasteiger partial charge in [-0.25, -0.2) is 9.37 Å². The van der Waals surface area contributed by atoms with Gasteiger partial charge in [0.1, 0.15) is 5.67 Å². The number of carbonyl (C=O) groups is 1. The summed E-state index contributed by atoms with van der Waals surface area (Å²) < 4.78 is 59.2. The summed E-state index contributed by atoms with van der Waals surface area (Å²) in [5.74, 6) is -0.109. The number of carbonyl (C=O) groups excluding carboxylic acids is 1. The standard InChI is InChI=1S/C27H31F4N5O2S/c1-35-13-19-18(3-2-4-20(19)34-35)23(37)32-17-11-25(12-17)14-26(28,15-25)7-10-36-8-5-21-22(6-9-36)39-24(33-21)38-16-27(29,30)31/h2-4,13,17H,5-12,14-16H2,1H3,(H,32,37). The normalized spacial score (nSPS) is 27.1. The Balaban J connectivity index is 0.937. The van der Waals surface area contributed by atoms with Gasteiger partial charge in [-0.3, -0.25) is 9.48 Å². The molecule has 2 fully saturated rings. The van der Waals surface area contributed by atoms with E-state index in [1.807, 2.05) is 31.4 Å². The molecule has 2 saturated carbocycles. The van der Waals surface area contributed by atoms with Crippen molar-refractivity contribution in [3.8, 4) is 5.19 Å². The fourth-order valence-electron chi connectivity index (χ4n) is 6.64. The Morgan fingerprint density at radius 3 is 2.77 bits per heavy atom. The van der Waals surface area contributed by atoms with Gasteiger partial charge in [-0.1, -0.05) is 17.4 Å². The van der Waals surface area contributed by atoms with Gasteiger partial charge in [-0.15, -0.1) is 0 Å². The van der Waals surface area contributed by atoms with Crippen LogP contribution in [0.4, 0.5) is 17.6 Å². The van der Waals surface area contributed by atoms with Gasteiger partial charge in [0.25, 0.3) is 11.1 Å². The predicted octanol–water partition coefficient (Wildman–Crippen LogP) is 4.84. The summed E-state index contributed by atoms with van der Waals surface area (Å²) in [6.07, 6.45) is 1.92. The summed E-state index contributed by atoms with van der Waals surface area (Å²) in [5, 5.41) is 8.38. The number of nitrogens with zero attached hydrogens (tertiary/aromatic N) is 4. The zero-order valence-corrected chi connectivity index (χ0v) is 22.5. The molecule has 0 unspecified atom stereocenters. The third kappa shape index (κ3) is 5.63. The van der Waals surface area contributed by atoms with Crippen molar-refractivity contribution >= 4 is 28.1 Å². The van der Waals surface area contributed by atoms with Crippen LogP contribution in [0.5, 0.6) is 5.19 Å². The number of hydrogen-bond acceptors (Lipinski definition) is 6. The van der Waals surface area contributed by atoms with E-state index < -0.39 is 18.5 Å². The molecule has 3 aromatic rings. The molecular weight excluding hydrogens is 534 g/mol. The third-order valence-corrected chi connectivity index (χ3v) is 9.37. The highest BCUT2D eigenvalue weighted by molar-refractivity contribution is 7.13. The first-order valence-corrected chi connectivity index (χ1v) is 14.1. The second-order valence-corrected chi connectivity index (χ2v) is 12.5. The monoisotopic (exact) mass is 565 g/mol. The number of rotatable bonds is 7. The van der Waals surface area contributed by atoms with Gasteiger partial charge in [0.15, 0.2) is 6.61 Å². The molecule has 12 heteroatoms. The Labute approximate surface area is 227 Å². The second kappa shape index (κ2) is 9.72. The van der Waals surface area contributed by atoms with Crippen molar-refractivity contribution in [2.75, 3.05) is 26.2 Å². The highest BCUT2D eigenvalue weighted by atomic mass is 32.1. The van der Waals surface area contributed by atoms with E-state index >= 15 is 4.39 Å². The summed E-state index contributed by atoms with van der Waals surface area (Å²) in [5.41, 5.74) is 1.01. The van der Waals surface area contributed by atoms with Gasteiger partial charge >= 0.3 is 6.18 Å². The zero-order valence-electron chi connectivity index (χ0n) is 21.7. The number of halogens is 4. The average Bonchev–Trinajstić information content (AvgIpc) is 3.35. The number of ether oxygens (including phenoxy) is 1. The van der Waals surface area contributed by atoms with E-state index in [1.165, 1.54) is 11.3 Å². The molecule has 0 radical (unpaired) electrons. The highest BCUT2D eigenvalue weighted by Gasteiger charge is 2.60. The fourth-order valence-corrected chi connectivity index (χ4v) is 7.58. The van der Waals surface area contributed by atoms with Crippen LogP contribution in [0.1, 0.15) is 53.0 Å². The Bertz CT molecular complexity index is 1350. The fraction of sp³-hybridized carbons (Fsp3) is 0.593. The number of hydrogen-bond donors (Lipinski definition) is 1. The molecule has 3 heterocycles. The molecule has 0 atom stereocenters. The summed E-state index contributed by atoms with van der Waals surface area (Å²) in [6.45, 7) is 0.746. The zero-order chi connectivity index (χ0) is 27.4. The van der Waals surface area contributed by atoms with Gasteiger partial charge in [0, 0.05) is 55.6 Å². The molecule has 1 amide bonds. The van der Waals surface area contributed by atoms with E-state index in [-0.39, 0.29) is 22.6 Å². The minimum atomic E-state index is -4.38. The van der Waals surface area contributed by atoms with Crippen molar-refractivity contribution in [2.24, 2.45) is 12.5 Å². The van der Waals surface area contributed by atoms with E-state index in [0.717, 1.165) is 40.9 Å². The number of nitrogens with one attached hydrogen (secondary N) is 1. The van der Waals surface area contributed by atoms with Gasteiger partial charge in [-0.2, -0.15) is 18.3 Å². The van der Waals surface area contributed by atoms with Crippen LogP contribution in [-0.4, -0.2) is 69.7 Å². The topological polar surface area (TPSA) is 72.3 Å². The second-order valence-electron chi connectivity index (χ2n) is 11.5. The lowest BCUT2D eigenvalue weighted by molar-refractivity contribution is -0.153. The Morgan fingerprint density at radius 2 is 2.00 bits per heavy atom. The van der Waals surface area contributed by atoms with Crippen molar-refractivity contribution in [3.63, 3.8) is 0 Å². The number of benzene rings is 1. The number of thiazole rings is 1. The third-order valence-electron chi connectivity index (χ3n) is 8.30. The molecule has 210 valence electrons. The first-order chi connectivity index (χ1) is 18.5. The maximum absolute atomic E-state index is 15.5. The maximum Gasteiger partial charge on any atom is 0.422 e. The molecule has 6 rings (SSSR count). The van der Waals surface area contributed by atoms with Crippen LogP contribution in [0.2, 0.25) is 0 Å². The van der Waals surface area contributed by atoms with Crippen LogP contribution in [-0.2, 0) is 19.9 Å². The molecule has 1 N–H and O–H groups in total. The molecule has 39 heavy (non-hydrogen) atoms. The number of fused-ring (bicyclic) bond motifs is 2. The maximum atomic E-state index is 15.5. The molecule has 0 bridgehead atoms. The van der Waals surface area contributed by atoms with Crippen LogP contribution in [0.15, 0.2) is 24.4 Å². The lowest BCUT2D eigenvalue weighted by atomic mass is 9.48. The largest absolute Gasteiger partial charge is 0.460 e. The Hall–Kier alpha value is -2.73. The molecule has 0 saturated heterocycles. The van der Waals surface area contributed by atoms with Crippen molar-refractivity contribution in [3.05, 3.63) is 40.5 Å². The van der Waals surface area contributed by atoms with Gasteiger partial charge in [0.2, 0.25) is 0 Å². The number of aryl methyl sites for hydroxylation is 1. The van der Waals surface area contributed by atoms with E-state index in [4.69, 9.17) is 4.74 Å². The van der Waals surface area contributed by atoms with Crippen LogP contribution in [0, 0.1) is 5.41 Å². The smallest absolute Gasteiger partial charge is 0.422 e. The van der Waals surface area contributed by atoms with E-state index in [1.54, 1.807) is 4.68 Å². The van der Waals surface area contributed by atoms with Gasteiger partial charge in [-0.05, 0) is 56.1 Å². The summed E-state index contributed by atoms with van der Waals surface area (Å²) >= 11 is 1.18. The molecule has 2 aromatic heterocycles.